The number of esters is 1. The predicted octanol–water partition coefficient (Wildman–Crippen LogP) is 2.94. The van der Waals surface area contributed by atoms with Crippen LogP contribution in [-0.4, -0.2) is 32.1 Å². The summed E-state index contributed by atoms with van der Waals surface area (Å²) in [6.07, 6.45) is 0.888. The van der Waals surface area contributed by atoms with Gasteiger partial charge in [0.05, 0.1) is 14.2 Å². The number of methoxy groups -OCH3 is 2. The summed E-state index contributed by atoms with van der Waals surface area (Å²) in [5, 5.41) is 3.55. The second-order valence-electron chi connectivity index (χ2n) is 7.24. The Labute approximate surface area is 180 Å². The van der Waals surface area contributed by atoms with Gasteiger partial charge in [-0.3, -0.25) is 4.79 Å². The van der Waals surface area contributed by atoms with E-state index in [1.807, 2.05) is 43.3 Å². The Hall–Kier alpha value is -3.61. The van der Waals surface area contributed by atoms with Crippen LogP contribution in [0.25, 0.3) is 11.0 Å². The van der Waals surface area contributed by atoms with E-state index in [0.717, 1.165) is 22.1 Å². The van der Waals surface area contributed by atoms with E-state index in [1.54, 1.807) is 6.07 Å². The molecule has 0 aliphatic heterocycles. The molecule has 1 unspecified atom stereocenters. The van der Waals surface area contributed by atoms with Gasteiger partial charge in [0.2, 0.25) is 5.91 Å². The van der Waals surface area contributed by atoms with Crippen LogP contribution in [0.15, 0.2) is 57.7 Å². The van der Waals surface area contributed by atoms with Gasteiger partial charge < -0.3 is 19.2 Å². The van der Waals surface area contributed by atoms with E-state index >= 15 is 0 Å². The van der Waals surface area contributed by atoms with Gasteiger partial charge in [0.15, 0.2) is 0 Å². The summed E-state index contributed by atoms with van der Waals surface area (Å²) >= 11 is 0. The number of ether oxygens (including phenoxy) is 2. The van der Waals surface area contributed by atoms with Gasteiger partial charge in [0, 0.05) is 30.4 Å². The first-order valence-corrected chi connectivity index (χ1v) is 9.93. The Kier molecular flexibility index (Phi) is 7.07. The lowest BCUT2D eigenvalue weighted by atomic mass is 10.0. The molecular weight excluding hydrogens is 398 g/mol. The first-order chi connectivity index (χ1) is 14.9. The summed E-state index contributed by atoms with van der Waals surface area (Å²) < 4.78 is 15.5. The Morgan fingerprint density at radius 3 is 2.52 bits per heavy atom. The standard InChI is InChI=1S/C24H25NO6/c1-15-11-23(27)31-21-14-20(29-2)17(13-18(15)21)9-10-22(26)25-19(24(28)30-3)12-16-7-5-4-6-8-16/h4-8,11,13-14,19H,9-10,12H2,1-3H3,(H,25,26). The lowest BCUT2D eigenvalue weighted by Gasteiger charge is -2.17. The number of aryl methyl sites for hydroxylation is 2. The van der Waals surface area contributed by atoms with Crippen molar-refractivity contribution in [1.29, 1.82) is 0 Å². The minimum absolute atomic E-state index is 0.153. The van der Waals surface area contributed by atoms with Crippen LogP contribution in [0.2, 0.25) is 0 Å². The molecule has 0 saturated heterocycles. The third-order valence-electron chi connectivity index (χ3n) is 5.08. The summed E-state index contributed by atoms with van der Waals surface area (Å²) in [4.78, 5) is 36.4. The fraction of sp³-hybridized carbons (Fsp3) is 0.292. The van der Waals surface area contributed by atoms with E-state index in [0.29, 0.717) is 24.2 Å². The molecule has 3 rings (SSSR count). The summed E-state index contributed by atoms with van der Waals surface area (Å²) in [5.41, 5.74) is 2.52. The third kappa shape index (κ3) is 5.51. The molecule has 162 valence electrons. The Morgan fingerprint density at radius 1 is 1.10 bits per heavy atom. The summed E-state index contributed by atoms with van der Waals surface area (Å²) in [7, 11) is 2.82. The summed E-state index contributed by atoms with van der Waals surface area (Å²) in [6, 6.07) is 13.6. The number of carbonyl (C=O) groups excluding carboxylic acids is 2. The normalized spacial score (nSPS) is 11.7. The average Bonchev–Trinajstić information content (AvgIpc) is 2.76. The van der Waals surface area contributed by atoms with Crippen molar-refractivity contribution in [2.45, 2.75) is 32.2 Å². The molecule has 0 saturated carbocycles. The molecule has 7 heteroatoms. The zero-order chi connectivity index (χ0) is 22.4. The van der Waals surface area contributed by atoms with Gasteiger partial charge in [0.25, 0.3) is 0 Å². The second kappa shape index (κ2) is 9.93. The highest BCUT2D eigenvalue weighted by atomic mass is 16.5. The fourth-order valence-corrected chi connectivity index (χ4v) is 3.48. The minimum atomic E-state index is -0.769. The monoisotopic (exact) mass is 423 g/mol. The lowest BCUT2D eigenvalue weighted by Crippen LogP contribution is -2.43. The maximum Gasteiger partial charge on any atom is 0.336 e. The van der Waals surface area contributed by atoms with Crippen molar-refractivity contribution < 1.29 is 23.5 Å². The van der Waals surface area contributed by atoms with Gasteiger partial charge in [-0.2, -0.15) is 0 Å². The van der Waals surface area contributed by atoms with Gasteiger partial charge in [-0.25, -0.2) is 9.59 Å². The van der Waals surface area contributed by atoms with Crippen molar-refractivity contribution in [2.24, 2.45) is 0 Å². The molecule has 0 fully saturated rings. The van der Waals surface area contributed by atoms with Crippen molar-refractivity contribution >= 4 is 22.8 Å². The number of amides is 1. The molecule has 2 aromatic carbocycles. The molecule has 1 amide bonds. The van der Waals surface area contributed by atoms with E-state index < -0.39 is 17.6 Å². The van der Waals surface area contributed by atoms with Gasteiger partial charge in [-0.1, -0.05) is 30.3 Å². The minimum Gasteiger partial charge on any atom is -0.496 e. The predicted molar refractivity (Wildman–Crippen MR) is 116 cm³/mol. The quantitative estimate of drug-likeness (QED) is 0.442. The van der Waals surface area contributed by atoms with Crippen LogP contribution in [0.5, 0.6) is 5.75 Å². The van der Waals surface area contributed by atoms with Crippen molar-refractivity contribution in [2.75, 3.05) is 14.2 Å². The molecule has 0 spiro atoms. The number of hydrogen-bond acceptors (Lipinski definition) is 6. The van der Waals surface area contributed by atoms with Crippen molar-refractivity contribution in [3.63, 3.8) is 0 Å². The number of rotatable bonds is 8. The molecule has 7 nitrogen and oxygen atoms in total. The zero-order valence-corrected chi connectivity index (χ0v) is 17.8. The van der Waals surface area contributed by atoms with Crippen LogP contribution in [0.1, 0.15) is 23.1 Å². The summed E-state index contributed by atoms with van der Waals surface area (Å²) in [5.74, 6) is -0.237. The Balaban J connectivity index is 1.73. The Bertz CT molecular complexity index is 1140. The maximum absolute atomic E-state index is 12.6. The Morgan fingerprint density at radius 2 is 1.84 bits per heavy atom. The molecule has 0 aliphatic rings. The molecule has 0 radical (unpaired) electrons. The molecular formula is C24H25NO6. The number of hydrogen-bond donors (Lipinski definition) is 1. The molecule has 0 aliphatic carbocycles. The molecule has 1 atom stereocenters. The number of benzene rings is 2. The first kappa shape index (κ1) is 22.1. The molecule has 0 bridgehead atoms. The highest BCUT2D eigenvalue weighted by Gasteiger charge is 2.22. The van der Waals surface area contributed by atoms with Crippen LogP contribution in [0.3, 0.4) is 0 Å². The van der Waals surface area contributed by atoms with E-state index in [2.05, 4.69) is 5.32 Å². The van der Waals surface area contributed by atoms with E-state index in [1.165, 1.54) is 20.3 Å². The molecule has 1 aromatic heterocycles. The number of fused-ring (bicyclic) bond motifs is 1. The van der Waals surface area contributed by atoms with Gasteiger partial charge in [-0.05, 0) is 36.1 Å². The zero-order valence-electron chi connectivity index (χ0n) is 17.8. The molecule has 3 aromatic rings. The van der Waals surface area contributed by atoms with Crippen LogP contribution in [0.4, 0.5) is 0 Å². The average molecular weight is 423 g/mol. The topological polar surface area (TPSA) is 94.8 Å². The van der Waals surface area contributed by atoms with Crippen LogP contribution in [0, 0.1) is 6.92 Å². The van der Waals surface area contributed by atoms with Crippen LogP contribution < -0.4 is 15.7 Å². The van der Waals surface area contributed by atoms with E-state index in [4.69, 9.17) is 13.9 Å². The summed E-state index contributed by atoms with van der Waals surface area (Å²) in [6.45, 7) is 1.83. The number of nitrogens with one attached hydrogen (secondary N) is 1. The fourth-order valence-electron chi connectivity index (χ4n) is 3.48. The highest BCUT2D eigenvalue weighted by molar-refractivity contribution is 5.85. The smallest absolute Gasteiger partial charge is 0.336 e. The van der Waals surface area contributed by atoms with Crippen molar-refractivity contribution in [3.8, 4) is 5.75 Å². The SMILES string of the molecule is COC(=O)C(Cc1ccccc1)NC(=O)CCc1cc2c(C)cc(=O)oc2cc1OC. The lowest BCUT2D eigenvalue weighted by molar-refractivity contribution is -0.145. The molecule has 31 heavy (non-hydrogen) atoms. The van der Waals surface area contributed by atoms with E-state index in [9.17, 15) is 14.4 Å². The van der Waals surface area contributed by atoms with Crippen molar-refractivity contribution in [3.05, 3.63) is 75.6 Å². The second-order valence-corrected chi connectivity index (χ2v) is 7.24. The number of carbonyl (C=O) groups is 2. The van der Waals surface area contributed by atoms with Crippen LogP contribution in [-0.2, 0) is 27.2 Å². The van der Waals surface area contributed by atoms with Crippen LogP contribution >= 0.6 is 0 Å². The third-order valence-corrected chi connectivity index (χ3v) is 5.08. The van der Waals surface area contributed by atoms with Gasteiger partial charge in [-0.15, -0.1) is 0 Å². The highest BCUT2D eigenvalue weighted by Crippen LogP contribution is 2.28. The molecule has 1 N–H and O–H groups in total. The van der Waals surface area contributed by atoms with Gasteiger partial charge in [0.1, 0.15) is 17.4 Å². The molecule has 1 heterocycles. The largest absolute Gasteiger partial charge is 0.496 e. The van der Waals surface area contributed by atoms with E-state index in [-0.39, 0.29) is 12.3 Å². The van der Waals surface area contributed by atoms with Crippen molar-refractivity contribution in [1.82, 2.24) is 5.32 Å². The maximum atomic E-state index is 12.6. The van der Waals surface area contributed by atoms with Gasteiger partial charge >= 0.3 is 11.6 Å². The first-order valence-electron chi connectivity index (χ1n) is 9.93.